The molecule has 0 saturated heterocycles. The average Bonchev–Trinajstić information content (AvgIpc) is 2.72. The van der Waals surface area contributed by atoms with E-state index < -0.39 is 5.97 Å². The Hall–Kier alpha value is -3.51. The third-order valence-corrected chi connectivity index (χ3v) is 4.94. The van der Waals surface area contributed by atoms with Crippen LogP contribution in [-0.4, -0.2) is 20.6 Å². The molecule has 0 saturated carbocycles. The highest BCUT2D eigenvalue weighted by atomic mass is 79.9. The van der Waals surface area contributed by atoms with Gasteiger partial charge in [0, 0.05) is 4.47 Å². The maximum absolute atomic E-state index is 13.2. The van der Waals surface area contributed by atoms with Crippen molar-refractivity contribution in [1.29, 1.82) is 0 Å². The second-order valence-electron chi connectivity index (χ2n) is 6.37. The first-order valence-electron chi connectivity index (χ1n) is 8.82. The van der Waals surface area contributed by atoms with Crippen molar-refractivity contribution in [1.82, 2.24) is 9.55 Å². The van der Waals surface area contributed by atoms with Crippen LogP contribution in [0.15, 0.2) is 82.1 Å². The Morgan fingerprint density at radius 1 is 0.966 bits per heavy atom. The van der Waals surface area contributed by atoms with E-state index in [9.17, 15) is 9.59 Å². The molecule has 0 atom stereocenters. The summed E-state index contributed by atoms with van der Waals surface area (Å²) in [4.78, 5) is 29.0. The fraction of sp³-hybridized carbons (Fsp3) is 0. The summed E-state index contributed by atoms with van der Waals surface area (Å²) in [5, 5.41) is 9.63. The van der Waals surface area contributed by atoms with Crippen LogP contribution in [0.4, 0.5) is 0 Å². The van der Waals surface area contributed by atoms with Crippen LogP contribution in [-0.2, 0) is 0 Å². The van der Waals surface area contributed by atoms with E-state index in [1.165, 1.54) is 16.7 Å². The van der Waals surface area contributed by atoms with E-state index >= 15 is 0 Å². The molecule has 0 amide bonds. The Morgan fingerprint density at radius 2 is 1.72 bits per heavy atom. The summed E-state index contributed by atoms with van der Waals surface area (Å²) in [5.41, 5.74) is 2.04. The van der Waals surface area contributed by atoms with Gasteiger partial charge in [-0.05, 0) is 60.2 Å². The van der Waals surface area contributed by atoms with Crippen molar-refractivity contribution in [3.8, 4) is 5.69 Å². The molecule has 1 heterocycles. The number of fused-ring (bicyclic) bond motifs is 1. The van der Waals surface area contributed by atoms with Gasteiger partial charge in [0.1, 0.15) is 5.82 Å². The largest absolute Gasteiger partial charge is 0.478 e. The van der Waals surface area contributed by atoms with Crippen LogP contribution < -0.4 is 5.56 Å². The summed E-state index contributed by atoms with van der Waals surface area (Å²) in [7, 11) is 0. The molecule has 0 fully saturated rings. The number of hydrogen-bond acceptors (Lipinski definition) is 3. The van der Waals surface area contributed by atoms with Crippen LogP contribution >= 0.6 is 15.9 Å². The smallest absolute Gasteiger partial charge is 0.335 e. The van der Waals surface area contributed by atoms with Crippen LogP contribution in [0.3, 0.4) is 0 Å². The number of rotatable bonds is 4. The molecule has 4 rings (SSSR count). The summed E-state index contributed by atoms with van der Waals surface area (Å²) < 4.78 is 2.44. The fourth-order valence-electron chi connectivity index (χ4n) is 3.05. The molecule has 0 radical (unpaired) electrons. The highest BCUT2D eigenvalue weighted by Crippen LogP contribution is 2.18. The Kier molecular flexibility index (Phi) is 5.10. The number of carboxylic acids is 1. The molecule has 1 N–H and O–H groups in total. The molecular formula is C23H15BrN2O3. The summed E-state index contributed by atoms with van der Waals surface area (Å²) in [5.74, 6) is -0.563. The minimum absolute atomic E-state index is 0.154. The van der Waals surface area contributed by atoms with Gasteiger partial charge in [0.15, 0.2) is 0 Å². The predicted molar refractivity (Wildman–Crippen MR) is 117 cm³/mol. The number of aromatic carboxylic acids is 1. The van der Waals surface area contributed by atoms with Gasteiger partial charge >= 0.3 is 5.97 Å². The SMILES string of the molecule is O=C(O)c1ccc(-n2c(/C=C/c3cccc(Br)c3)nc3ccccc3c2=O)cc1. The minimum atomic E-state index is -1.02. The molecule has 0 aliphatic rings. The molecule has 0 aliphatic heterocycles. The van der Waals surface area contributed by atoms with Gasteiger partial charge in [0.2, 0.25) is 0 Å². The molecule has 0 spiro atoms. The number of hydrogen-bond donors (Lipinski definition) is 1. The Labute approximate surface area is 174 Å². The van der Waals surface area contributed by atoms with Gasteiger partial charge in [-0.2, -0.15) is 0 Å². The van der Waals surface area contributed by atoms with Crippen molar-refractivity contribution in [3.05, 3.63) is 105 Å². The van der Waals surface area contributed by atoms with Gasteiger partial charge in [-0.25, -0.2) is 9.78 Å². The van der Waals surface area contributed by atoms with E-state index in [1.54, 1.807) is 36.4 Å². The zero-order chi connectivity index (χ0) is 20.4. The van der Waals surface area contributed by atoms with Crippen LogP contribution in [0, 0.1) is 0 Å². The lowest BCUT2D eigenvalue weighted by molar-refractivity contribution is 0.0697. The molecule has 0 aliphatic carbocycles. The monoisotopic (exact) mass is 446 g/mol. The van der Waals surface area contributed by atoms with Crippen LogP contribution in [0.25, 0.3) is 28.7 Å². The molecule has 6 heteroatoms. The predicted octanol–water partition coefficient (Wildman–Crippen LogP) is 5.02. The molecule has 5 nitrogen and oxygen atoms in total. The maximum Gasteiger partial charge on any atom is 0.335 e. The molecular weight excluding hydrogens is 432 g/mol. The quantitative estimate of drug-likeness (QED) is 0.477. The third kappa shape index (κ3) is 3.88. The minimum Gasteiger partial charge on any atom is -0.478 e. The Morgan fingerprint density at radius 3 is 2.45 bits per heavy atom. The van der Waals surface area contributed by atoms with E-state index in [-0.39, 0.29) is 11.1 Å². The molecule has 1 aromatic heterocycles. The Bertz CT molecular complexity index is 1310. The highest BCUT2D eigenvalue weighted by molar-refractivity contribution is 9.10. The lowest BCUT2D eigenvalue weighted by Crippen LogP contribution is -2.22. The molecule has 142 valence electrons. The van der Waals surface area contributed by atoms with Crippen molar-refractivity contribution in [2.45, 2.75) is 0 Å². The van der Waals surface area contributed by atoms with Crippen LogP contribution in [0.5, 0.6) is 0 Å². The van der Waals surface area contributed by atoms with E-state index in [0.717, 1.165) is 10.0 Å². The lowest BCUT2D eigenvalue weighted by Gasteiger charge is -2.11. The number of para-hydroxylation sites is 1. The number of benzene rings is 3. The van der Waals surface area contributed by atoms with Crippen molar-refractivity contribution < 1.29 is 9.90 Å². The maximum atomic E-state index is 13.2. The van der Waals surface area contributed by atoms with E-state index in [4.69, 9.17) is 5.11 Å². The number of carboxylic acid groups (broad SMARTS) is 1. The second kappa shape index (κ2) is 7.85. The van der Waals surface area contributed by atoms with Gasteiger partial charge in [-0.15, -0.1) is 0 Å². The standard InChI is InChI=1S/C23H15BrN2O3/c24-17-5-3-4-15(14-17)8-13-21-25-20-7-2-1-6-19(20)22(27)26(21)18-11-9-16(10-12-18)23(28)29/h1-14H,(H,28,29)/b13-8+. The molecule has 4 aromatic rings. The zero-order valence-corrected chi connectivity index (χ0v) is 16.7. The third-order valence-electron chi connectivity index (χ3n) is 4.45. The second-order valence-corrected chi connectivity index (χ2v) is 7.28. The van der Waals surface area contributed by atoms with Crippen molar-refractivity contribution >= 4 is 45.0 Å². The number of carbonyl (C=O) groups is 1. The molecule has 0 unspecified atom stereocenters. The van der Waals surface area contributed by atoms with Gasteiger partial charge < -0.3 is 5.11 Å². The number of aromatic nitrogens is 2. The first-order valence-corrected chi connectivity index (χ1v) is 9.61. The summed E-state index contributed by atoms with van der Waals surface area (Å²) in [6.45, 7) is 0. The molecule has 3 aromatic carbocycles. The lowest BCUT2D eigenvalue weighted by atomic mass is 10.1. The topological polar surface area (TPSA) is 72.2 Å². The van der Waals surface area contributed by atoms with Gasteiger partial charge in [0.05, 0.1) is 22.2 Å². The van der Waals surface area contributed by atoms with E-state index in [2.05, 4.69) is 20.9 Å². The normalized spacial score (nSPS) is 11.2. The van der Waals surface area contributed by atoms with E-state index in [0.29, 0.717) is 22.4 Å². The van der Waals surface area contributed by atoms with Crippen LogP contribution in [0.1, 0.15) is 21.7 Å². The van der Waals surface area contributed by atoms with Gasteiger partial charge in [-0.3, -0.25) is 9.36 Å². The fourth-order valence-corrected chi connectivity index (χ4v) is 3.46. The first kappa shape index (κ1) is 18.8. The van der Waals surface area contributed by atoms with Crippen molar-refractivity contribution in [3.63, 3.8) is 0 Å². The molecule has 29 heavy (non-hydrogen) atoms. The van der Waals surface area contributed by atoms with Crippen molar-refractivity contribution in [2.75, 3.05) is 0 Å². The highest BCUT2D eigenvalue weighted by Gasteiger charge is 2.12. The summed E-state index contributed by atoms with van der Waals surface area (Å²) >= 11 is 3.45. The van der Waals surface area contributed by atoms with Gasteiger partial charge in [-0.1, -0.05) is 46.3 Å². The summed E-state index contributed by atoms with van der Waals surface area (Å²) in [6.07, 6.45) is 3.66. The number of halogens is 1. The summed E-state index contributed by atoms with van der Waals surface area (Å²) in [6, 6.07) is 21.1. The number of nitrogens with zero attached hydrogens (tertiary/aromatic N) is 2. The van der Waals surface area contributed by atoms with Crippen molar-refractivity contribution in [2.24, 2.45) is 0 Å². The molecule has 0 bridgehead atoms. The average molecular weight is 447 g/mol. The Balaban J connectivity index is 1.91. The van der Waals surface area contributed by atoms with E-state index in [1.807, 2.05) is 36.4 Å². The zero-order valence-electron chi connectivity index (χ0n) is 15.1. The first-order chi connectivity index (χ1) is 14.0. The van der Waals surface area contributed by atoms with Crippen LogP contribution in [0.2, 0.25) is 0 Å². The van der Waals surface area contributed by atoms with Gasteiger partial charge in [0.25, 0.3) is 5.56 Å².